The topological polar surface area (TPSA) is 51.0 Å². The molecule has 0 fully saturated rings. The Morgan fingerprint density at radius 3 is 2.34 bits per heavy atom. The van der Waals surface area contributed by atoms with Crippen LogP contribution < -0.4 is 0 Å². The number of hydrogen-bond acceptors (Lipinski definition) is 4. The quantitative estimate of drug-likeness (QED) is 0.535. The molecule has 0 amide bonds. The lowest BCUT2D eigenvalue weighted by atomic mass is 9.84. The third kappa shape index (κ3) is 2.58. The highest BCUT2D eigenvalue weighted by molar-refractivity contribution is 5.94. The van der Waals surface area contributed by atoms with Crippen LogP contribution in [-0.4, -0.2) is 20.7 Å². The molecule has 1 aliphatic heterocycles. The smallest absolute Gasteiger partial charge is 0.160 e. The third-order valence-corrected chi connectivity index (χ3v) is 6.78. The van der Waals surface area contributed by atoms with Crippen LogP contribution in [0.15, 0.2) is 34.8 Å². The summed E-state index contributed by atoms with van der Waals surface area (Å²) in [5, 5.41) is 1.15. The predicted octanol–water partition coefficient (Wildman–Crippen LogP) is 5.26. The van der Waals surface area contributed by atoms with Gasteiger partial charge in [0, 0.05) is 16.8 Å². The molecule has 4 heterocycles. The molecule has 0 N–H and O–H groups in total. The summed E-state index contributed by atoms with van der Waals surface area (Å²) in [6.45, 7) is 6.46. The van der Waals surface area contributed by atoms with E-state index >= 15 is 0 Å². The minimum Gasteiger partial charge on any atom is -0.256 e. The second kappa shape index (κ2) is 6.06. The Morgan fingerprint density at radius 1 is 0.793 bits per heavy atom. The molecule has 6 rings (SSSR count). The maximum absolute atomic E-state index is 5.06. The number of aliphatic imine (C=N–C) groups is 1. The van der Waals surface area contributed by atoms with Gasteiger partial charge in [-0.2, -0.15) is 0 Å². The SMILES string of the molecule is CC1=NC2=C(CCc3cc4cc5c(nc4nc32)-c2nc(C)ccc2CC5)C[C@H]1C. The minimum absolute atomic E-state index is 0.534. The lowest BCUT2D eigenvalue weighted by Gasteiger charge is -2.27. The fourth-order valence-electron chi connectivity index (χ4n) is 4.95. The van der Waals surface area contributed by atoms with Gasteiger partial charge in [0.25, 0.3) is 0 Å². The van der Waals surface area contributed by atoms with E-state index in [0.29, 0.717) is 5.92 Å². The van der Waals surface area contributed by atoms with Crippen molar-refractivity contribution in [2.45, 2.75) is 52.9 Å². The van der Waals surface area contributed by atoms with Gasteiger partial charge >= 0.3 is 0 Å². The zero-order valence-corrected chi connectivity index (χ0v) is 17.2. The normalized spacial score (nSPS) is 20.0. The molecule has 3 aromatic heterocycles. The molecule has 0 radical (unpaired) electrons. The molecule has 0 bridgehead atoms. The van der Waals surface area contributed by atoms with Crippen molar-refractivity contribution >= 4 is 22.4 Å². The van der Waals surface area contributed by atoms with Crippen molar-refractivity contribution in [1.82, 2.24) is 15.0 Å². The molecule has 2 aliphatic carbocycles. The Labute approximate surface area is 170 Å². The highest BCUT2D eigenvalue weighted by atomic mass is 14.9. The van der Waals surface area contributed by atoms with Crippen LogP contribution in [0.4, 0.5) is 0 Å². The summed E-state index contributed by atoms with van der Waals surface area (Å²) >= 11 is 0. The summed E-state index contributed by atoms with van der Waals surface area (Å²) < 4.78 is 0. The molecule has 1 atom stereocenters. The van der Waals surface area contributed by atoms with Crippen molar-refractivity contribution in [3.8, 4) is 11.4 Å². The van der Waals surface area contributed by atoms with E-state index in [1.54, 1.807) is 0 Å². The van der Waals surface area contributed by atoms with Crippen molar-refractivity contribution in [3.63, 3.8) is 0 Å². The zero-order valence-electron chi connectivity index (χ0n) is 17.2. The van der Waals surface area contributed by atoms with Crippen LogP contribution in [0.2, 0.25) is 0 Å². The molecule has 0 saturated heterocycles. The lowest BCUT2D eigenvalue weighted by molar-refractivity contribution is 0.698. The van der Waals surface area contributed by atoms with E-state index in [0.717, 1.165) is 71.6 Å². The second-order valence-electron chi connectivity index (χ2n) is 8.81. The van der Waals surface area contributed by atoms with Gasteiger partial charge in [0.05, 0.1) is 22.8 Å². The first-order valence-corrected chi connectivity index (χ1v) is 10.6. The van der Waals surface area contributed by atoms with E-state index in [1.165, 1.54) is 28.0 Å². The standard InChI is InChI=1S/C25H24N4/c1-13-10-17-8-9-19-12-20-11-18-7-6-16-5-4-14(2)26-21(16)23(18)28-25(20)29-24(19)22(17)27-15(13)3/h4-5,11-13H,6-10H2,1-3H3/t13-/m1/s1. The Bertz CT molecular complexity index is 1270. The molecule has 3 aliphatic rings. The average molecular weight is 380 g/mol. The first-order valence-electron chi connectivity index (χ1n) is 10.6. The minimum atomic E-state index is 0.534. The number of aryl methyl sites for hydroxylation is 4. The molecule has 144 valence electrons. The van der Waals surface area contributed by atoms with E-state index < -0.39 is 0 Å². The van der Waals surface area contributed by atoms with Crippen LogP contribution in [0, 0.1) is 12.8 Å². The number of rotatable bonds is 0. The maximum atomic E-state index is 5.06. The fourth-order valence-corrected chi connectivity index (χ4v) is 4.95. The summed E-state index contributed by atoms with van der Waals surface area (Å²) in [5.41, 5.74) is 12.6. The summed E-state index contributed by atoms with van der Waals surface area (Å²) in [4.78, 5) is 19.9. The van der Waals surface area contributed by atoms with E-state index in [9.17, 15) is 0 Å². The van der Waals surface area contributed by atoms with Crippen LogP contribution >= 0.6 is 0 Å². The van der Waals surface area contributed by atoms with E-state index in [2.05, 4.69) is 38.1 Å². The fraction of sp³-hybridized carbons (Fsp3) is 0.360. The van der Waals surface area contributed by atoms with E-state index in [1.807, 2.05) is 6.92 Å². The maximum Gasteiger partial charge on any atom is 0.160 e. The number of pyridine rings is 3. The number of allylic oxidation sites excluding steroid dienone is 1. The predicted molar refractivity (Wildman–Crippen MR) is 117 cm³/mol. The first-order chi connectivity index (χ1) is 14.1. The van der Waals surface area contributed by atoms with Gasteiger partial charge in [-0.3, -0.25) is 9.98 Å². The van der Waals surface area contributed by atoms with Gasteiger partial charge in [-0.15, -0.1) is 0 Å². The molecule has 3 aromatic rings. The van der Waals surface area contributed by atoms with Gasteiger partial charge < -0.3 is 0 Å². The molecule has 0 spiro atoms. The second-order valence-corrected chi connectivity index (χ2v) is 8.81. The molecule has 4 nitrogen and oxygen atoms in total. The van der Waals surface area contributed by atoms with Crippen LogP contribution in [0.5, 0.6) is 0 Å². The van der Waals surface area contributed by atoms with Crippen molar-refractivity contribution in [3.05, 3.63) is 57.9 Å². The molecule has 0 saturated carbocycles. The van der Waals surface area contributed by atoms with Gasteiger partial charge in [0.1, 0.15) is 0 Å². The third-order valence-electron chi connectivity index (χ3n) is 6.78. The number of hydrogen-bond donors (Lipinski definition) is 0. The molecule has 0 unspecified atom stereocenters. The number of aromatic nitrogens is 3. The van der Waals surface area contributed by atoms with Crippen molar-refractivity contribution in [2.75, 3.05) is 0 Å². The Kier molecular flexibility index (Phi) is 3.55. The number of nitrogens with zero attached hydrogens (tertiary/aromatic N) is 4. The molecular weight excluding hydrogens is 356 g/mol. The summed E-state index contributed by atoms with van der Waals surface area (Å²) in [5.74, 6) is 0.534. The Hall–Kier alpha value is -2.88. The average Bonchev–Trinajstić information content (AvgIpc) is 2.72. The van der Waals surface area contributed by atoms with Gasteiger partial charge in [-0.05, 0) is 92.3 Å². The zero-order chi connectivity index (χ0) is 19.7. The van der Waals surface area contributed by atoms with E-state index in [4.69, 9.17) is 19.9 Å². The van der Waals surface area contributed by atoms with Crippen molar-refractivity contribution < 1.29 is 0 Å². The summed E-state index contributed by atoms with van der Waals surface area (Å²) in [6, 6.07) is 8.89. The molecule has 4 heteroatoms. The molecule has 0 aromatic carbocycles. The molecule has 29 heavy (non-hydrogen) atoms. The largest absolute Gasteiger partial charge is 0.256 e. The van der Waals surface area contributed by atoms with E-state index in [-0.39, 0.29) is 0 Å². The van der Waals surface area contributed by atoms with Crippen LogP contribution in [0.25, 0.3) is 28.1 Å². The lowest BCUT2D eigenvalue weighted by Crippen LogP contribution is -2.18. The Balaban J connectivity index is 1.56. The summed E-state index contributed by atoms with van der Waals surface area (Å²) in [6.07, 6.45) is 5.32. The van der Waals surface area contributed by atoms with Crippen LogP contribution in [0.1, 0.15) is 54.8 Å². The van der Waals surface area contributed by atoms with Gasteiger partial charge in [0.2, 0.25) is 0 Å². The highest BCUT2D eigenvalue weighted by Crippen LogP contribution is 2.40. The molecular formula is C25H24N4. The van der Waals surface area contributed by atoms with Gasteiger partial charge in [-0.1, -0.05) is 13.0 Å². The van der Waals surface area contributed by atoms with Crippen molar-refractivity contribution in [2.24, 2.45) is 10.9 Å². The van der Waals surface area contributed by atoms with Gasteiger partial charge in [-0.25, -0.2) is 9.97 Å². The number of fused-ring (bicyclic) bond motifs is 6. The summed E-state index contributed by atoms with van der Waals surface area (Å²) in [7, 11) is 0. The van der Waals surface area contributed by atoms with Crippen molar-refractivity contribution in [1.29, 1.82) is 0 Å². The van der Waals surface area contributed by atoms with Crippen LogP contribution in [0.3, 0.4) is 0 Å². The first kappa shape index (κ1) is 17.0. The highest BCUT2D eigenvalue weighted by Gasteiger charge is 2.27. The Morgan fingerprint density at radius 2 is 1.48 bits per heavy atom. The van der Waals surface area contributed by atoms with Gasteiger partial charge in [0.15, 0.2) is 5.65 Å². The van der Waals surface area contributed by atoms with Crippen LogP contribution in [-0.2, 0) is 19.3 Å². The monoisotopic (exact) mass is 380 g/mol.